The van der Waals surface area contributed by atoms with Gasteiger partial charge in [-0.05, 0) is 6.54 Å². The normalized spacial score (nSPS) is 16.8. The van der Waals surface area contributed by atoms with Crippen molar-refractivity contribution in [2.45, 2.75) is 6.92 Å². The Morgan fingerprint density at radius 2 is 2.06 bits per heavy atom. The van der Waals surface area contributed by atoms with Gasteiger partial charge in [-0.15, -0.1) is 0 Å². The second-order valence-electron chi connectivity index (χ2n) is 4.11. The van der Waals surface area contributed by atoms with Crippen LogP contribution < -0.4 is 0 Å². The van der Waals surface area contributed by atoms with Gasteiger partial charge in [0.1, 0.15) is 0 Å². The van der Waals surface area contributed by atoms with E-state index in [2.05, 4.69) is 21.5 Å². The molecule has 18 heavy (non-hydrogen) atoms. The molecule has 0 radical (unpaired) electrons. The molecule has 1 N–H and O–H groups in total. The highest BCUT2D eigenvalue weighted by molar-refractivity contribution is 5.94. The van der Waals surface area contributed by atoms with Gasteiger partial charge >= 0.3 is 5.97 Å². The molecule has 0 unspecified atom stereocenters. The number of rotatable bonds is 3. The molecule has 0 aliphatic carbocycles. The predicted octanol–water partition coefficient (Wildman–Crippen LogP) is 0.150. The molecule has 1 aliphatic rings. The van der Waals surface area contributed by atoms with Crippen molar-refractivity contribution in [2.75, 3.05) is 32.7 Å². The highest BCUT2D eigenvalue weighted by atomic mass is 16.5. The van der Waals surface area contributed by atoms with Crippen LogP contribution in [0, 0.1) is 0 Å². The van der Waals surface area contributed by atoms with E-state index in [1.54, 1.807) is 4.90 Å². The lowest BCUT2D eigenvalue weighted by molar-refractivity contribution is 0.0622. The summed E-state index contributed by atoms with van der Waals surface area (Å²) < 4.78 is 4.57. The van der Waals surface area contributed by atoms with Crippen molar-refractivity contribution in [3.05, 3.63) is 17.5 Å². The van der Waals surface area contributed by atoms with Crippen molar-refractivity contribution < 1.29 is 19.2 Å². The van der Waals surface area contributed by atoms with E-state index in [1.165, 1.54) is 0 Å². The van der Waals surface area contributed by atoms with Crippen LogP contribution in [-0.4, -0.2) is 64.7 Å². The minimum Gasteiger partial charge on any atom is -0.475 e. The first kappa shape index (κ1) is 12.6. The molecular formula is C11H15N3O4. The van der Waals surface area contributed by atoms with Crippen LogP contribution in [0.15, 0.2) is 10.6 Å². The Morgan fingerprint density at radius 1 is 1.39 bits per heavy atom. The number of aromatic carboxylic acids is 1. The summed E-state index contributed by atoms with van der Waals surface area (Å²) in [4.78, 5) is 26.6. The molecule has 1 fully saturated rings. The minimum absolute atomic E-state index is 0.0531. The molecule has 1 aromatic rings. The second kappa shape index (κ2) is 5.18. The zero-order valence-electron chi connectivity index (χ0n) is 10.1. The Hall–Kier alpha value is -1.89. The molecule has 7 heteroatoms. The summed E-state index contributed by atoms with van der Waals surface area (Å²) >= 11 is 0. The Labute approximate surface area is 104 Å². The van der Waals surface area contributed by atoms with E-state index in [0.29, 0.717) is 13.1 Å². The smallest absolute Gasteiger partial charge is 0.374 e. The number of nitrogens with zero attached hydrogens (tertiary/aromatic N) is 3. The summed E-state index contributed by atoms with van der Waals surface area (Å²) in [7, 11) is 0. The standard InChI is InChI=1S/C11H15N3O4/c1-2-13-3-5-14(6-4-13)10(15)8-7-9(11(16)17)18-12-8/h7H,2-6H2,1H3,(H,16,17). The molecule has 1 amide bonds. The average Bonchev–Trinajstić information content (AvgIpc) is 2.88. The first-order valence-electron chi connectivity index (χ1n) is 5.83. The fourth-order valence-corrected chi connectivity index (χ4v) is 1.91. The first-order valence-corrected chi connectivity index (χ1v) is 5.83. The second-order valence-corrected chi connectivity index (χ2v) is 4.11. The van der Waals surface area contributed by atoms with Crippen molar-refractivity contribution in [1.29, 1.82) is 0 Å². The molecule has 1 aliphatic heterocycles. The van der Waals surface area contributed by atoms with Gasteiger partial charge in [-0.1, -0.05) is 12.1 Å². The molecule has 2 heterocycles. The number of aromatic nitrogens is 1. The molecule has 0 aromatic carbocycles. The lowest BCUT2D eigenvalue weighted by Crippen LogP contribution is -2.48. The Kier molecular flexibility index (Phi) is 3.61. The fraction of sp³-hybridized carbons (Fsp3) is 0.545. The maximum atomic E-state index is 12.0. The van der Waals surface area contributed by atoms with Gasteiger partial charge in [-0.3, -0.25) is 4.79 Å². The van der Waals surface area contributed by atoms with E-state index >= 15 is 0 Å². The van der Waals surface area contributed by atoms with Crippen LogP contribution in [0.3, 0.4) is 0 Å². The van der Waals surface area contributed by atoms with Crippen LogP contribution in [0.5, 0.6) is 0 Å². The molecule has 1 saturated heterocycles. The monoisotopic (exact) mass is 253 g/mol. The molecule has 0 spiro atoms. The summed E-state index contributed by atoms with van der Waals surface area (Å²) in [6.45, 7) is 5.95. The van der Waals surface area contributed by atoms with Crippen LogP contribution in [0.25, 0.3) is 0 Å². The number of carboxylic acid groups (broad SMARTS) is 1. The van der Waals surface area contributed by atoms with Gasteiger partial charge in [0, 0.05) is 32.2 Å². The number of hydrogen-bond donors (Lipinski definition) is 1. The number of piperazine rings is 1. The summed E-state index contributed by atoms with van der Waals surface area (Å²) in [6, 6.07) is 1.16. The van der Waals surface area contributed by atoms with Gasteiger partial charge in [0.25, 0.3) is 5.91 Å². The molecule has 98 valence electrons. The van der Waals surface area contributed by atoms with Gasteiger partial charge < -0.3 is 19.4 Å². The fourth-order valence-electron chi connectivity index (χ4n) is 1.91. The number of likely N-dealkylation sites (N-methyl/N-ethyl adjacent to an activating group) is 1. The molecule has 0 atom stereocenters. The largest absolute Gasteiger partial charge is 0.475 e. The van der Waals surface area contributed by atoms with Gasteiger partial charge in [-0.25, -0.2) is 4.79 Å². The van der Waals surface area contributed by atoms with Gasteiger partial charge in [-0.2, -0.15) is 0 Å². The quantitative estimate of drug-likeness (QED) is 0.825. The summed E-state index contributed by atoms with van der Waals surface area (Å²) in [5.74, 6) is -1.81. The maximum Gasteiger partial charge on any atom is 0.374 e. The van der Waals surface area contributed by atoms with Crippen molar-refractivity contribution in [1.82, 2.24) is 15.0 Å². The average molecular weight is 253 g/mol. The lowest BCUT2D eigenvalue weighted by atomic mass is 10.2. The number of carbonyl (C=O) groups is 2. The van der Waals surface area contributed by atoms with E-state index in [-0.39, 0.29) is 17.4 Å². The molecular weight excluding hydrogens is 238 g/mol. The van der Waals surface area contributed by atoms with E-state index < -0.39 is 5.97 Å². The molecule has 2 rings (SSSR count). The lowest BCUT2D eigenvalue weighted by Gasteiger charge is -2.33. The third kappa shape index (κ3) is 2.51. The molecule has 0 bridgehead atoms. The first-order chi connectivity index (χ1) is 8.61. The van der Waals surface area contributed by atoms with Crippen LogP contribution in [0.2, 0.25) is 0 Å². The summed E-state index contributed by atoms with van der Waals surface area (Å²) in [5.41, 5.74) is 0.0531. The molecule has 7 nitrogen and oxygen atoms in total. The Balaban J connectivity index is 2.01. The van der Waals surface area contributed by atoms with Crippen molar-refractivity contribution in [2.24, 2.45) is 0 Å². The van der Waals surface area contributed by atoms with Crippen LogP contribution in [-0.2, 0) is 0 Å². The van der Waals surface area contributed by atoms with E-state index in [0.717, 1.165) is 25.7 Å². The van der Waals surface area contributed by atoms with Gasteiger partial charge in [0.15, 0.2) is 5.69 Å². The minimum atomic E-state index is -1.22. The highest BCUT2D eigenvalue weighted by Gasteiger charge is 2.24. The Bertz CT molecular complexity index is 449. The summed E-state index contributed by atoms with van der Waals surface area (Å²) in [5, 5.41) is 12.2. The zero-order chi connectivity index (χ0) is 13.1. The molecule has 0 saturated carbocycles. The predicted molar refractivity (Wildman–Crippen MR) is 61.5 cm³/mol. The number of amides is 1. The zero-order valence-corrected chi connectivity index (χ0v) is 10.1. The number of carbonyl (C=O) groups excluding carboxylic acids is 1. The highest BCUT2D eigenvalue weighted by Crippen LogP contribution is 2.09. The number of carboxylic acids is 1. The van der Waals surface area contributed by atoms with E-state index in [1.807, 2.05) is 0 Å². The van der Waals surface area contributed by atoms with E-state index in [9.17, 15) is 9.59 Å². The molecule has 1 aromatic heterocycles. The third-order valence-electron chi connectivity index (χ3n) is 3.05. The summed E-state index contributed by atoms with van der Waals surface area (Å²) in [6.07, 6.45) is 0. The maximum absolute atomic E-state index is 12.0. The van der Waals surface area contributed by atoms with Crippen molar-refractivity contribution >= 4 is 11.9 Å². The van der Waals surface area contributed by atoms with Crippen molar-refractivity contribution in [3.63, 3.8) is 0 Å². The van der Waals surface area contributed by atoms with Crippen LogP contribution >= 0.6 is 0 Å². The van der Waals surface area contributed by atoms with Crippen LogP contribution in [0.1, 0.15) is 28.0 Å². The number of hydrogen-bond acceptors (Lipinski definition) is 5. The SMILES string of the molecule is CCN1CCN(C(=O)c2cc(C(=O)O)on2)CC1. The third-order valence-corrected chi connectivity index (χ3v) is 3.05. The van der Waals surface area contributed by atoms with Crippen LogP contribution in [0.4, 0.5) is 0 Å². The van der Waals surface area contributed by atoms with E-state index in [4.69, 9.17) is 5.11 Å². The van der Waals surface area contributed by atoms with Gasteiger partial charge in [0.05, 0.1) is 0 Å². The van der Waals surface area contributed by atoms with Crippen molar-refractivity contribution in [3.8, 4) is 0 Å². The Morgan fingerprint density at radius 3 is 2.56 bits per heavy atom. The van der Waals surface area contributed by atoms with Gasteiger partial charge in [0.2, 0.25) is 5.76 Å². The topological polar surface area (TPSA) is 86.9 Å².